The predicted octanol–water partition coefficient (Wildman–Crippen LogP) is 4.24. The number of ether oxygens (including phenoxy) is 1. The molecular formula is C18H19N3O2. The third-order valence-electron chi connectivity index (χ3n) is 3.58. The van der Waals surface area contributed by atoms with Gasteiger partial charge in [0, 0.05) is 11.5 Å². The second-order valence-electron chi connectivity index (χ2n) is 5.73. The van der Waals surface area contributed by atoms with Gasteiger partial charge in [-0.25, -0.2) is 4.98 Å². The van der Waals surface area contributed by atoms with Crippen LogP contribution in [-0.2, 0) is 0 Å². The Morgan fingerprint density at radius 3 is 2.35 bits per heavy atom. The third kappa shape index (κ3) is 3.08. The van der Waals surface area contributed by atoms with Crippen molar-refractivity contribution in [3.8, 4) is 28.5 Å². The lowest BCUT2D eigenvalue weighted by Crippen LogP contribution is -1.95. The summed E-state index contributed by atoms with van der Waals surface area (Å²) in [4.78, 5) is 8.98. The van der Waals surface area contributed by atoms with Crippen molar-refractivity contribution in [1.29, 1.82) is 0 Å². The largest absolute Gasteiger partial charge is 0.480 e. The summed E-state index contributed by atoms with van der Waals surface area (Å²) in [7, 11) is 1.59. The zero-order valence-electron chi connectivity index (χ0n) is 13.7. The molecule has 5 nitrogen and oxygen atoms in total. The zero-order chi connectivity index (χ0) is 16.4. The zero-order valence-corrected chi connectivity index (χ0v) is 13.7. The van der Waals surface area contributed by atoms with Crippen LogP contribution in [0.25, 0.3) is 22.6 Å². The van der Waals surface area contributed by atoms with Crippen LogP contribution in [0.4, 0.5) is 0 Å². The van der Waals surface area contributed by atoms with Crippen molar-refractivity contribution in [3.05, 3.63) is 47.9 Å². The van der Waals surface area contributed by atoms with Gasteiger partial charge in [-0.1, -0.05) is 48.8 Å². The van der Waals surface area contributed by atoms with E-state index in [1.165, 1.54) is 5.56 Å². The Morgan fingerprint density at radius 1 is 1.00 bits per heavy atom. The first kappa shape index (κ1) is 15.2. The number of aryl methyl sites for hydroxylation is 1. The molecule has 5 heteroatoms. The highest BCUT2D eigenvalue weighted by atomic mass is 16.5. The fourth-order valence-corrected chi connectivity index (χ4v) is 2.23. The monoisotopic (exact) mass is 309 g/mol. The van der Waals surface area contributed by atoms with Crippen molar-refractivity contribution >= 4 is 0 Å². The van der Waals surface area contributed by atoms with Crippen molar-refractivity contribution in [1.82, 2.24) is 15.1 Å². The lowest BCUT2D eigenvalue weighted by atomic mass is 10.1. The number of hydrogen-bond donors (Lipinski definition) is 0. The van der Waals surface area contributed by atoms with Crippen molar-refractivity contribution in [2.24, 2.45) is 0 Å². The normalized spacial score (nSPS) is 11.0. The van der Waals surface area contributed by atoms with Gasteiger partial charge >= 0.3 is 0 Å². The standard InChI is InChI=1S/C18H19N3O2/c1-11(2)17-20-16(21-23-17)14-9-10-15(19-18(14)22-4)13-7-5-12(3)6-8-13/h5-11H,1-4H3. The van der Waals surface area contributed by atoms with Gasteiger partial charge in [0.2, 0.25) is 17.6 Å². The summed E-state index contributed by atoms with van der Waals surface area (Å²) < 4.78 is 10.7. The maximum atomic E-state index is 5.42. The molecule has 0 atom stereocenters. The number of hydrogen-bond acceptors (Lipinski definition) is 5. The summed E-state index contributed by atoms with van der Waals surface area (Å²) in [5.41, 5.74) is 3.82. The Kier molecular flexibility index (Phi) is 4.10. The first-order valence-corrected chi connectivity index (χ1v) is 7.54. The summed E-state index contributed by atoms with van der Waals surface area (Å²) in [6, 6.07) is 12.1. The van der Waals surface area contributed by atoms with Crippen LogP contribution in [0.15, 0.2) is 40.9 Å². The van der Waals surface area contributed by atoms with Crippen molar-refractivity contribution in [2.45, 2.75) is 26.7 Å². The molecule has 0 N–H and O–H groups in total. The number of nitrogens with zero attached hydrogens (tertiary/aromatic N) is 3. The number of methoxy groups -OCH3 is 1. The molecule has 0 amide bonds. The van der Waals surface area contributed by atoms with Gasteiger partial charge in [0.15, 0.2) is 0 Å². The van der Waals surface area contributed by atoms with E-state index in [0.717, 1.165) is 16.8 Å². The van der Waals surface area contributed by atoms with Crippen LogP contribution in [0.3, 0.4) is 0 Å². The van der Waals surface area contributed by atoms with E-state index in [0.29, 0.717) is 17.6 Å². The maximum absolute atomic E-state index is 5.42. The van der Waals surface area contributed by atoms with E-state index < -0.39 is 0 Å². The first-order chi connectivity index (χ1) is 11.1. The van der Waals surface area contributed by atoms with Gasteiger partial charge in [-0.3, -0.25) is 0 Å². The van der Waals surface area contributed by atoms with Crippen LogP contribution in [0.5, 0.6) is 5.88 Å². The molecule has 0 aliphatic carbocycles. The quantitative estimate of drug-likeness (QED) is 0.721. The molecule has 2 aromatic heterocycles. The molecule has 0 fully saturated rings. The van der Waals surface area contributed by atoms with E-state index in [9.17, 15) is 0 Å². The van der Waals surface area contributed by atoms with Crippen LogP contribution in [0.1, 0.15) is 31.2 Å². The van der Waals surface area contributed by atoms with Crippen molar-refractivity contribution in [2.75, 3.05) is 7.11 Å². The molecule has 3 aromatic rings. The molecule has 1 aromatic carbocycles. The molecule has 0 unspecified atom stereocenters. The fraction of sp³-hybridized carbons (Fsp3) is 0.278. The molecule has 0 bridgehead atoms. The summed E-state index contributed by atoms with van der Waals surface area (Å²) in [6.45, 7) is 6.07. The average Bonchev–Trinajstić information content (AvgIpc) is 3.05. The minimum absolute atomic E-state index is 0.182. The van der Waals surface area contributed by atoms with Gasteiger partial charge in [0.1, 0.15) is 0 Å². The lowest BCUT2D eigenvalue weighted by molar-refractivity contribution is 0.365. The Balaban J connectivity index is 2.00. The highest BCUT2D eigenvalue weighted by Crippen LogP contribution is 2.30. The fourth-order valence-electron chi connectivity index (χ4n) is 2.23. The molecule has 0 aliphatic heterocycles. The molecule has 2 heterocycles. The SMILES string of the molecule is COc1nc(-c2ccc(C)cc2)ccc1-c1noc(C(C)C)n1. The Bertz CT molecular complexity index is 807. The highest BCUT2D eigenvalue weighted by Gasteiger charge is 2.17. The van der Waals surface area contributed by atoms with E-state index >= 15 is 0 Å². The molecule has 0 spiro atoms. The van der Waals surface area contributed by atoms with E-state index in [1.54, 1.807) is 7.11 Å². The van der Waals surface area contributed by atoms with Crippen LogP contribution < -0.4 is 4.74 Å². The molecular weight excluding hydrogens is 290 g/mol. The molecule has 0 saturated carbocycles. The van der Waals surface area contributed by atoms with Gasteiger partial charge in [0.25, 0.3) is 0 Å². The van der Waals surface area contributed by atoms with Gasteiger partial charge in [-0.05, 0) is 19.1 Å². The minimum Gasteiger partial charge on any atom is -0.480 e. The van der Waals surface area contributed by atoms with Crippen LogP contribution in [0, 0.1) is 6.92 Å². The summed E-state index contributed by atoms with van der Waals surface area (Å²) in [5.74, 6) is 1.76. The van der Waals surface area contributed by atoms with Gasteiger partial charge in [-0.15, -0.1) is 0 Å². The average molecular weight is 309 g/mol. The van der Waals surface area contributed by atoms with Crippen molar-refractivity contribution < 1.29 is 9.26 Å². The molecule has 0 aliphatic rings. The van der Waals surface area contributed by atoms with E-state index in [4.69, 9.17) is 9.26 Å². The second-order valence-corrected chi connectivity index (χ2v) is 5.73. The van der Waals surface area contributed by atoms with E-state index in [-0.39, 0.29) is 5.92 Å². The van der Waals surface area contributed by atoms with Crippen LogP contribution in [0.2, 0.25) is 0 Å². The van der Waals surface area contributed by atoms with Crippen LogP contribution >= 0.6 is 0 Å². The van der Waals surface area contributed by atoms with Gasteiger partial charge in [-0.2, -0.15) is 4.98 Å². The smallest absolute Gasteiger partial charge is 0.229 e. The molecule has 118 valence electrons. The number of benzene rings is 1. The van der Waals surface area contributed by atoms with Crippen LogP contribution in [-0.4, -0.2) is 22.2 Å². The Morgan fingerprint density at radius 2 is 1.74 bits per heavy atom. The minimum atomic E-state index is 0.182. The number of pyridine rings is 1. The predicted molar refractivity (Wildman–Crippen MR) is 88.3 cm³/mol. The van der Waals surface area contributed by atoms with Crippen molar-refractivity contribution in [3.63, 3.8) is 0 Å². The number of aromatic nitrogens is 3. The van der Waals surface area contributed by atoms with Gasteiger partial charge in [0.05, 0.1) is 18.4 Å². The topological polar surface area (TPSA) is 61.0 Å². The molecule has 0 saturated heterocycles. The Labute approximate surface area is 135 Å². The van der Waals surface area contributed by atoms with E-state index in [2.05, 4.69) is 34.2 Å². The summed E-state index contributed by atoms with van der Waals surface area (Å²) in [6.07, 6.45) is 0. The molecule has 3 rings (SSSR count). The molecule has 23 heavy (non-hydrogen) atoms. The van der Waals surface area contributed by atoms with E-state index in [1.807, 2.05) is 38.1 Å². The first-order valence-electron chi connectivity index (χ1n) is 7.54. The Hall–Kier alpha value is -2.69. The lowest BCUT2D eigenvalue weighted by Gasteiger charge is -2.07. The highest BCUT2D eigenvalue weighted by molar-refractivity contribution is 5.67. The summed E-state index contributed by atoms with van der Waals surface area (Å²) in [5, 5.41) is 4.02. The third-order valence-corrected chi connectivity index (χ3v) is 3.58. The molecule has 0 radical (unpaired) electrons. The maximum Gasteiger partial charge on any atom is 0.229 e. The second kappa shape index (κ2) is 6.20. The summed E-state index contributed by atoms with van der Waals surface area (Å²) >= 11 is 0. The number of rotatable bonds is 4. The van der Waals surface area contributed by atoms with Gasteiger partial charge < -0.3 is 9.26 Å².